The second kappa shape index (κ2) is 11.5. The van der Waals surface area contributed by atoms with E-state index in [1.807, 2.05) is 11.3 Å². The van der Waals surface area contributed by atoms with Crippen LogP contribution in [0.1, 0.15) is 0 Å². The average Bonchev–Trinajstić information content (AvgIpc) is 3.80. The van der Waals surface area contributed by atoms with Gasteiger partial charge in [0.05, 0.1) is 11.4 Å². The number of hydrogen-bond donors (Lipinski definition) is 0. The smallest absolute Gasteiger partial charge is 0.143 e. The summed E-state index contributed by atoms with van der Waals surface area (Å²) in [6.07, 6.45) is 0. The van der Waals surface area contributed by atoms with Gasteiger partial charge in [0.2, 0.25) is 0 Å². The molecule has 0 spiro atoms. The van der Waals surface area contributed by atoms with Crippen LogP contribution in [0.15, 0.2) is 170 Å². The van der Waals surface area contributed by atoms with Crippen LogP contribution in [0.3, 0.4) is 0 Å². The minimum absolute atomic E-state index is 0.900. The van der Waals surface area contributed by atoms with Gasteiger partial charge in [-0.3, -0.25) is 0 Å². The van der Waals surface area contributed by atoms with E-state index in [1.165, 1.54) is 73.5 Å². The highest BCUT2D eigenvalue weighted by molar-refractivity contribution is 7.27. The van der Waals surface area contributed by atoms with Crippen LogP contribution in [0.25, 0.3) is 117 Å². The number of rotatable bonds is 3. The Balaban J connectivity index is 1.29. The maximum atomic E-state index is 5.71. The largest absolute Gasteiger partial charge is 0.242 e. The summed E-state index contributed by atoms with van der Waals surface area (Å²) in [5.41, 5.74) is 7.26. The molecule has 0 fully saturated rings. The molecule has 0 radical (unpaired) electrons. The van der Waals surface area contributed by atoms with Gasteiger partial charge in [0.25, 0.3) is 0 Å². The zero-order valence-electron chi connectivity index (χ0n) is 28.9. The minimum atomic E-state index is 0.900. The molecule has 0 unspecified atom stereocenters. The molecule has 54 heavy (non-hydrogen) atoms. The average molecular weight is 721 g/mol. The van der Waals surface area contributed by atoms with Crippen molar-refractivity contribution in [2.45, 2.75) is 0 Å². The third-order valence-electron chi connectivity index (χ3n) is 11.0. The van der Waals surface area contributed by atoms with Crippen LogP contribution in [0.2, 0.25) is 0 Å². The Hall–Kier alpha value is -6.46. The quantitative estimate of drug-likeness (QED) is 0.170. The highest BCUT2D eigenvalue weighted by Gasteiger charge is 2.24. The first-order valence-electron chi connectivity index (χ1n) is 18.2. The molecule has 4 heteroatoms. The standard InChI is InChI=1S/C50H28N2S2/c1-2-13-29(14-3-1)30-18-12-19-34(25-30)46-47(51-48-38-23-10-11-24-41(38)54-50(48)52-46)40-27-33-17-6-7-20-35(33)43-36-21-8-9-22-37(36)44-39-26-31-15-4-5-16-32(31)28-42(39)53-49(44)45(40)43/h1-28H. The molecular weight excluding hydrogens is 693 g/mol. The molecule has 0 bridgehead atoms. The third-order valence-corrected chi connectivity index (χ3v) is 13.2. The van der Waals surface area contributed by atoms with E-state index in [2.05, 4.69) is 170 Å². The number of thiophene rings is 2. The molecule has 0 amide bonds. The van der Waals surface area contributed by atoms with Crippen LogP contribution in [-0.2, 0) is 0 Å². The molecule has 3 heterocycles. The van der Waals surface area contributed by atoms with Gasteiger partial charge in [0, 0.05) is 46.8 Å². The lowest BCUT2D eigenvalue weighted by Gasteiger charge is -2.17. The molecule has 3 aromatic heterocycles. The van der Waals surface area contributed by atoms with Crippen molar-refractivity contribution in [3.8, 4) is 33.6 Å². The van der Waals surface area contributed by atoms with Crippen LogP contribution in [0.4, 0.5) is 0 Å². The van der Waals surface area contributed by atoms with E-state index in [4.69, 9.17) is 9.97 Å². The van der Waals surface area contributed by atoms with Crippen LogP contribution < -0.4 is 0 Å². The molecule has 0 saturated heterocycles. The summed E-state index contributed by atoms with van der Waals surface area (Å²) in [5.74, 6) is 0. The lowest BCUT2D eigenvalue weighted by atomic mass is 9.88. The van der Waals surface area contributed by atoms with Crippen molar-refractivity contribution in [1.82, 2.24) is 9.97 Å². The Morgan fingerprint density at radius 2 is 1.00 bits per heavy atom. The van der Waals surface area contributed by atoms with Crippen molar-refractivity contribution >= 4 is 106 Å². The molecule has 0 aliphatic heterocycles. The van der Waals surface area contributed by atoms with Crippen LogP contribution >= 0.6 is 22.7 Å². The fraction of sp³-hybridized carbons (Fsp3) is 0. The highest BCUT2D eigenvalue weighted by atomic mass is 32.1. The molecule has 0 aliphatic rings. The second-order valence-corrected chi connectivity index (χ2v) is 16.1. The van der Waals surface area contributed by atoms with E-state index in [0.29, 0.717) is 0 Å². The van der Waals surface area contributed by atoms with Crippen molar-refractivity contribution in [3.05, 3.63) is 170 Å². The summed E-state index contributed by atoms with van der Waals surface area (Å²) < 4.78 is 3.78. The van der Waals surface area contributed by atoms with Gasteiger partial charge < -0.3 is 0 Å². The number of fused-ring (bicyclic) bond motifs is 14. The van der Waals surface area contributed by atoms with Gasteiger partial charge >= 0.3 is 0 Å². The van der Waals surface area contributed by atoms with Crippen molar-refractivity contribution in [2.75, 3.05) is 0 Å². The summed E-state index contributed by atoms with van der Waals surface area (Å²) in [7, 11) is 0. The number of aromatic nitrogens is 2. The van der Waals surface area contributed by atoms with Gasteiger partial charge in [0.15, 0.2) is 0 Å². The summed E-state index contributed by atoms with van der Waals surface area (Å²) in [6.45, 7) is 0. The summed E-state index contributed by atoms with van der Waals surface area (Å²) >= 11 is 3.62. The predicted molar refractivity (Wildman–Crippen MR) is 234 cm³/mol. The lowest BCUT2D eigenvalue weighted by molar-refractivity contribution is 1.32. The van der Waals surface area contributed by atoms with Crippen molar-refractivity contribution in [2.24, 2.45) is 0 Å². The van der Waals surface area contributed by atoms with E-state index < -0.39 is 0 Å². The van der Waals surface area contributed by atoms with Gasteiger partial charge in [-0.1, -0.05) is 140 Å². The van der Waals surface area contributed by atoms with Gasteiger partial charge in [-0.25, -0.2) is 9.97 Å². The van der Waals surface area contributed by atoms with Gasteiger partial charge in [-0.15, -0.1) is 22.7 Å². The summed E-state index contributed by atoms with van der Waals surface area (Å²) in [4.78, 5) is 12.2. The molecule has 250 valence electrons. The summed E-state index contributed by atoms with van der Waals surface area (Å²) in [5, 5.41) is 13.8. The zero-order valence-corrected chi connectivity index (χ0v) is 30.5. The van der Waals surface area contributed by atoms with E-state index >= 15 is 0 Å². The van der Waals surface area contributed by atoms with Gasteiger partial charge in [-0.2, -0.15) is 0 Å². The Labute approximate surface area is 318 Å². The molecular formula is C50H28N2S2. The van der Waals surface area contributed by atoms with E-state index in [0.717, 1.165) is 43.8 Å². The first-order chi connectivity index (χ1) is 26.8. The molecule has 0 N–H and O–H groups in total. The van der Waals surface area contributed by atoms with Crippen molar-refractivity contribution in [1.29, 1.82) is 0 Å². The number of nitrogens with zero attached hydrogens (tertiary/aromatic N) is 2. The van der Waals surface area contributed by atoms with Crippen LogP contribution in [-0.4, -0.2) is 9.97 Å². The van der Waals surface area contributed by atoms with Gasteiger partial charge in [-0.05, 0) is 79.2 Å². The molecule has 9 aromatic carbocycles. The van der Waals surface area contributed by atoms with Crippen molar-refractivity contribution < 1.29 is 0 Å². The van der Waals surface area contributed by atoms with Crippen LogP contribution in [0, 0.1) is 0 Å². The first-order valence-corrected chi connectivity index (χ1v) is 19.9. The van der Waals surface area contributed by atoms with Crippen LogP contribution in [0.5, 0.6) is 0 Å². The van der Waals surface area contributed by atoms with Gasteiger partial charge in [0.1, 0.15) is 10.3 Å². The molecule has 12 aromatic rings. The van der Waals surface area contributed by atoms with E-state index in [1.54, 1.807) is 11.3 Å². The fourth-order valence-electron chi connectivity index (χ4n) is 8.58. The maximum absolute atomic E-state index is 5.71. The zero-order chi connectivity index (χ0) is 35.3. The molecule has 2 nitrogen and oxygen atoms in total. The fourth-order valence-corrected chi connectivity index (χ4v) is 10.9. The third kappa shape index (κ3) is 4.38. The Bertz CT molecular complexity index is 3500. The van der Waals surface area contributed by atoms with Crippen molar-refractivity contribution in [3.63, 3.8) is 0 Å². The Kier molecular flexibility index (Phi) is 6.41. The van der Waals surface area contributed by atoms with E-state index in [9.17, 15) is 0 Å². The number of hydrogen-bond acceptors (Lipinski definition) is 4. The number of benzene rings is 9. The Morgan fingerprint density at radius 3 is 1.83 bits per heavy atom. The minimum Gasteiger partial charge on any atom is -0.242 e. The predicted octanol–water partition coefficient (Wildman–Crippen LogP) is 14.8. The molecule has 0 atom stereocenters. The SMILES string of the molecule is c1ccc(-c2cccc(-c3nc4sc5ccccc5c4nc3-c3cc4ccccc4c4c5ccccc5c5c6cc7ccccc7cc6sc5c34)c2)cc1. The molecule has 0 aliphatic carbocycles. The molecule has 0 saturated carbocycles. The summed E-state index contributed by atoms with van der Waals surface area (Å²) in [6, 6.07) is 61.7. The first kappa shape index (κ1) is 30.0. The Morgan fingerprint density at radius 1 is 0.352 bits per heavy atom. The maximum Gasteiger partial charge on any atom is 0.143 e. The van der Waals surface area contributed by atoms with E-state index in [-0.39, 0.29) is 0 Å². The monoisotopic (exact) mass is 720 g/mol. The topological polar surface area (TPSA) is 25.8 Å². The normalized spacial score (nSPS) is 12.1. The lowest BCUT2D eigenvalue weighted by Crippen LogP contribution is -1.96. The second-order valence-electron chi connectivity index (χ2n) is 14.1. The highest BCUT2D eigenvalue weighted by Crippen LogP contribution is 2.51. The molecule has 12 rings (SSSR count).